The minimum absolute atomic E-state index is 0.258. The van der Waals surface area contributed by atoms with Crippen LogP contribution in [0.25, 0.3) is 10.9 Å². The fourth-order valence-electron chi connectivity index (χ4n) is 1.62. The van der Waals surface area contributed by atoms with Gasteiger partial charge in [-0.15, -0.1) is 0 Å². The Morgan fingerprint density at radius 1 is 1.29 bits per heavy atom. The fraction of sp³-hybridized carbons (Fsp3) is 0.333. The van der Waals surface area contributed by atoms with Crippen molar-refractivity contribution in [2.24, 2.45) is 5.84 Å². The zero-order valence-electron chi connectivity index (χ0n) is 10.2. The molecule has 0 saturated heterocycles. The van der Waals surface area contributed by atoms with Crippen molar-refractivity contribution in [1.29, 1.82) is 0 Å². The maximum atomic E-state index is 5.50. The zero-order chi connectivity index (χ0) is 12.4. The Balaban J connectivity index is 2.68. The molecule has 0 spiro atoms. The van der Waals surface area contributed by atoms with Crippen molar-refractivity contribution >= 4 is 16.7 Å². The molecule has 1 aromatic heterocycles. The topological polar surface area (TPSA) is 73.1 Å². The van der Waals surface area contributed by atoms with E-state index in [1.54, 1.807) is 7.11 Å². The van der Waals surface area contributed by atoms with E-state index in [0.717, 1.165) is 22.5 Å². The van der Waals surface area contributed by atoms with Crippen LogP contribution < -0.4 is 16.0 Å². The number of nitrogens with one attached hydrogen (secondary N) is 1. The average Bonchev–Trinajstić information content (AvgIpc) is 2.36. The average molecular weight is 232 g/mol. The minimum Gasteiger partial charge on any atom is -0.497 e. The first-order chi connectivity index (χ1) is 8.15. The van der Waals surface area contributed by atoms with Crippen molar-refractivity contribution in [3.63, 3.8) is 0 Å². The molecule has 0 aliphatic carbocycles. The number of nitrogens with two attached hydrogens (primary N) is 1. The van der Waals surface area contributed by atoms with Gasteiger partial charge in [-0.05, 0) is 18.2 Å². The van der Waals surface area contributed by atoms with Gasteiger partial charge in [-0.1, -0.05) is 13.8 Å². The van der Waals surface area contributed by atoms with Crippen LogP contribution in [0.1, 0.15) is 25.6 Å². The van der Waals surface area contributed by atoms with E-state index in [0.29, 0.717) is 5.82 Å². The smallest absolute Gasteiger partial charge is 0.151 e. The lowest BCUT2D eigenvalue weighted by molar-refractivity contribution is 0.415. The van der Waals surface area contributed by atoms with Crippen LogP contribution in [-0.4, -0.2) is 17.1 Å². The van der Waals surface area contributed by atoms with Crippen molar-refractivity contribution in [3.05, 3.63) is 24.0 Å². The molecule has 0 aliphatic rings. The third kappa shape index (κ3) is 2.14. The molecule has 90 valence electrons. The highest BCUT2D eigenvalue weighted by atomic mass is 16.5. The number of hydrazine groups is 1. The molecular weight excluding hydrogens is 216 g/mol. The molecule has 0 radical (unpaired) electrons. The van der Waals surface area contributed by atoms with E-state index in [4.69, 9.17) is 10.6 Å². The molecule has 5 nitrogen and oxygen atoms in total. The summed E-state index contributed by atoms with van der Waals surface area (Å²) in [4.78, 5) is 8.89. The summed E-state index contributed by atoms with van der Waals surface area (Å²) < 4.78 is 5.18. The van der Waals surface area contributed by atoms with Crippen LogP contribution in [-0.2, 0) is 0 Å². The number of benzene rings is 1. The van der Waals surface area contributed by atoms with Gasteiger partial charge in [0.15, 0.2) is 5.82 Å². The first-order valence-electron chi connectivity index (χ1n) is 5.48. The molecule has 2 rings (SSSR count). The van der Waals surface area contributed by atoms with Gasteiger partial charge in [0, 0.05) is 11.3 Å². The minimum atomic E-state index is 0.258. The van der Waals surface area contributed by atoms with Gasteiger partial charge in [-0.3, -0.25) is 0 Å². The third-order valence-corrected chi connectivity index (χ3v) is 2.57. The maximum Gasteiger partial charge on any atom is 0.151 e. The Kier molecular flexibility index (Phi) is 3.10. The van der Waals surface area contributed by atoms with Gasteiger partial charge in [-0.25, -0.2) is 15.8 Å². The van der Waals surface area contributed by atoms with Crippen molar-refractivity contribution in [1.82, 2.24) is 9.97 Å². The monoisotopic (exact) mass is 232 g/mol. The van der Waals surface area contributed by atoms with Crippen molar-refractivity contribution in [3.8, 4) is 5.75 Å². The van der Waals surface area contributed by atoms with Crippen LogP contribution in [0.3, 0.4) is 0 Å². The number of fused-ring (bicyclic) bond motifs is 1. The molecule has 0 fully saturated rings. The normalized spacial score (nSPS) is 10.9. The maximum absolute atomic E-state index is 5.50. The summed E-state index contributed by atoms with van der Waals surface area (Å²) in [6, 6.07) is 5.65. The molecule has 0 atom stereocenters. The summed E-state index contributed by atoms with van der Waals surface area (Å²) in [5.41, 5.74) is 3.47. The molecule has 2 aromatic rings. The number of aromatic nitrogens is 2. The number of methoxy groups -OCH3 is 1. The summed E-state index contributed by atoms with van der Waals surface area (Å²) >= 11 is 0. The Labute approximate surface area is 100.0 Å². The molecule has 1 aromatic carbocycles. The zero-order valence-corrected chi connectivity index (χ0v) is 10.2. The highest BCUT2D eigenvalue weighted by Gasteiger charge is 2.10. The second-order valence-electron chi connectivity index (χ2n) is 4.11. The van der Waals surface area contributed by atoms with E-state index in [-0.39, 0.29) is 5.92 Å². The van der Waals surface area contributed by atoms with Crippen LogP contribution >= 0.6 is 0 Å². The van der Waals surface area contributed by atoms with Gasteiger partial charge in [-0.2, -0.15) is 0 Å². The molecule has 0 bridgehead atoms. The summed E-state index contributed by atoms with van der Waals surface area (Å²) in [5, 5.41) is 0.858. The molecular formula is C12H16N4O. The number of hydrogen-bond acceptors (Lipinski definition) is 5. The molecule has 1 heterocycles. The molecule has 0 unspecified atom stereocenters. The lowest BCUT2D eigenvalue weighted by Crippen LogP contribution is -2.11. The van der Waals surface area contributed by atoms with Gasteiger partial charge >= 0.3 is 0 Å². The number of anilines is 1. The Hall–Kier alpha value is -1.88. The summed E-state index contributed by atoms with van der Waals surface area (Å²) in [6.45, 7) is 4.09. The fourth-order valence-corrected chi connectivity index (χ4v) is 1.62. The van der Waals surface area contributed by atoms with Crippen molar-refractivity contribution in [2.75, 3.05) is 12.5 Å². The molecule has 0 aliphatic heterocycles. The van der Waals surface area contributed by atoms with Gasteiger partial charge in [0.1, 0.15) is 11.6 Å². The van der Waals surface area contributed by atoms with Crippen LogP contribution in [0.2, 0.25) is 0 Å². The standard InChI is InChI=1S/C12H16N4O/c1-7(2)11-14-10-5-4-8(17-3)6-9(10)12(15-11)16-13/h4-7H,13H2,1-3H3,(H,14,15,16). The summed E-state index contributed by atoms with van der Waals surface area (Å²) in [6.07, 6.45) is 0. The van der Waals surface area contributed by atoms with Crippen molar-refractivity contribution in [2.45, 2.75) is 19.8 Å². The molecule has 0 saturated carbocycles. The van der Waals surface area contributed by atoms with Crippen LogP contribution in [0.15, 0.2) is 18.2 Å². The molecule has 17 heavy (non-hydrogen) atoms. The highest BCUT2D eigenvalue weighted by Crippen LogP contribution is 2.26. The van der Waals surface area contributed by atoms with E-state index in [1.807, 2.05) is 32.0 Å². The van der Waals surface area contributed by atoms with Crippen LogP contribution in [0.5, 0.6) is 5.75 Å². The second kappa shape index (κ2) is 4.55. The van der Waals surface area contributed by atoms with Gasteiger partial charge in [0.05, 0.1) is 12.6 Å². The highest BCUT2D eigenvalue weighted by molar-refractivity contribution is 5.90. The van der Waals surface area contributed by atoms with Gasteiger partial charge in [0.2, 0.25) is 0 Å². The van der Waals surface area contributed by atoms with E-state index >= 15 is 0 Å². The predicted octanol–water partition coefficient (Wildman–Crippen LogP) is 2.05. The van der Waals surface area contributed by atoms with Gasteiger partial charge in [0.25, 0.3) is 0 Å². The molecule has 3 N–H and O–H groups in total. The quantitative estimate of drug-likeness (QED) is 0.626. The summed E-state index contributed by atoms with van der Waals surface area (Å²) in [5.74, 6) is 7.91. The molecule has 5 heteroatoms. The molecule has 0 amide bonds. The lowest BCUT2D eigenvalue weighted by atomic mass is 10.1. The second-order valence-corrected chi connectivity index (χ2v) is 4.11. The van der Waals surface area contributed by atoms with Crippen LogP contribution in [0.4, 0.5) is 5.82 Å². The Bertz CT molecular complexity index is 539. The number of nitrogen functional groups attached to an aromatic ring is 1. The Morgan fingerprint density at radius 3 is 2.65 bits per heavy atom. The van der Waals surface area contributed by atoms with E-state index in [1.165, 1.54) is 0 Å². The Morgan fingerprint density at radius 2 is 2.06 bits per heavy atom. The van der Waals surface area contributed by atoms with Crippen molar-refractivity contribution < 1.29 is 4.74 Å². The number of rotatable bonds is 3. The van der Waals surface area contributed by atoms with Gasteiger partial charge < -0.3 is 10.2 Å². The predicted molar refractivity (Wildman–Crippen MR) is 68.0 cm³/mol. The number of ether oxygens (including phenoxy) is 1. The first-order valence-corrected chi connectivity index (χ1v) is 5.48. The third-order valence-electron chi connectivity index (χ3n) is 2.57. The lowest BCUT2D eigenvalue weighted by Gasteiger charge is -2.10. The first kappa shape index (κ1) is 11.6. The largest absolute Gasteiger partial charge is 0.497 e. The number of nitrogens with zero attached hydrogens (tertiary/aromatic N) is 2. The van der Waals surface area contributed by atoms with E-state index < -0.39 is 0 Å². The SMILES string of the molecule is COc1ccc2nc(C(C)C)nc(NN)c2c1. The number of hydrogen-bond donors (Lipinski definition) is 2. The van der Waals surface area contributed by atoms with Crippen LogP contribution in [0, 0.1) is 0 Å². The van der Waals surface area contributed by atoms with E-state index in [2.05, 4.69) is 15.4 Å². The summed E-state index contributed by atoms with van der Waals surface area (Å²) in [7, 11) is 1.63. The van der Waals surface area contributed by atoms with E-state index in [9.17, 15) is 0 Å².